The Labute approximate surface area is 135 Å². The summed E-state index contributed by atoms with van der Waals surface area (Å²) in [5.41, 5.74) is 5.96. The highest BCUT2D eigenvalue weighted by Gasteiger charge is 2.47. The summed E-state index contributed by atoms with van der Waals surface area (Å²) >= 11 is 0. The summed E-state index contributed by atoms with van der Waals surface area (Å²) in [7, 11) is 0. The number of hydrogen-bond acceptors (Lipinski definition) is 3. The number of piperidine rings is 1. The van der Waals surface area contributed by atoms with Crippen LogP contribution in [0.2, 0.25) is 0 Å². The zero-order chi connectivity index (χ0) is 16.6. The first-order valence-electron chi connectivity index (χ1n) is 8.64. The van der Waals surface area contributed by atoms with E-state index in [2.05, 4.69) is 5.32 Å². The fourth-order valence-corrected chi connectivity index (χ4v) is 4.49. The van der Waals surface area contributed by atoms with Crippen LogP contribution in [0.3, 0.4) is 0 Å². The fraction of sp³-hybridized carbons (Fsp3) is 0.938. The van der Waals surface area contributed by atoms with Crippen molar-refractivity contribution in [1.82, 2.24) is 10.2 Å². The SMILES string of the molecule is NC1CC2CC(C(=O)NCC3CCN(CC(F)(F)F)CC3)CC12. The Bertz CT molecular complexity index is 435. The van der Waals surface area contributed by atoms with Gasteiger partial charge in [-0.05, 0) is 62.9 Å². The van der Waals surface area contributed by atoms with E-state index in [-0.39, 0.29) is 17.9 Å². The van der Waals surface area contributed by atoms with Gasteiger partial charge in [-0.25, -0.2) is 0 Å². The Morgan fingerprint density at radius 2 is 1.87 bits per heavy atom. The average Bonchev–Trinajstić information content (AvgIpc) is 2.82. The molecule has 4 atom stereocenters. The van der Waals surface area contributed by atoms with Crippen molar-refractivity contribution in [3.8, 4) is 0 Å². The number of nitrogens with one attached hydrogen (secondary N) is 1. The van der Waals surface area contributed by atoms with Crippen LogP contribution in [0.4, 0.5) is 13.2 Å². The molecule has 0 bridgehead atoms. The van der Waals surface area contributed by atoms with Crippen molar-refractivity contribution in [3.05, 3.63) is 0 Å². The van der Waals surface area contributed by atoms with Gasteiger partial charge >= 0.3 is 6.18 Å². The molecule has 1 heterocycles. The Hall–Kier alpha value is -0.820. The number of carbonyl (C=O) groups is 1. The van der Waals surface area contributed by atoms with Crippen molar-refractivity contribution >= 4 is 5.91 Å². The van der Waals surface area contributed by atoms with E-state index in [9.17, 15) is 18.0 Å². The highest BCUT2D eigenvalue weighted by atomic mass is 19.4. The van der Waals surface area contributed by atoms with Crippen LogP contribution in [-0.2, 0) is 4.79 Å². The fourth-order valence-electron chi connectivity index (χ4n) is 4.49. The van der Waals surface area contributed by atoms with Crippen LogP contribution in [-0.4, -0.2) is 49.2 Å². The van der Waals surface area contributed by atoms with Gasteiger partial charge in [0.05, 0.1) is 6.54 Å². The summed E-state index contributed by atoms with van der Waals surface area (Å²) in [4.78, 5) is 13.7. The van der Waals surface area contributed by atoms with E-state index in [1.54, 1.807) is 0 Å². The Balaban J connectivity index is 1.34. The van der Waals surface area contributed by atoms with Gasteiger partial charge in [-0.3, -0.25) is 9.69 Å². The zero-order valence-electron chi connectivity index (χ0n) is 13.3. The molecule has 2 saturated carbocycles. The van der Waals surface area contributed by atoms with E-state index in [1.807, 2.05) is 0 Å². The third kappa shape index (κ3) is 4.18. The molecule has 132 valence electrons. The molecule has 0 spiro atoms. The monoisotopic (exact) mass is 333 g/mol. The maximum atomic E-state index is 12.4. The number of hydrogen-bond donors (Lipinski definition) is 2. The normalized spacial score (nSPS) is 35.7. The summed E-state index contributed by atoms with van der Waals surface area (Å²) in [5, 5.41) is 3.02. The molecule has 4 unspecified atom stereocenters. The second-order valence-electron chi connectivity index (χ2n) is 7.57. The van der Waals surface area contributed by atoms with Crippen molar-refractivity contribution in [1.29, 1.82) is 0 Å². The van der Waals surface area contributed by atoms with Gasteiger partial charge < -0.3 is 11.1 Å². The number of amides is 1. The van der Waals surface area contributed by atoms with Crippen LogP contribution in [0.25, 0.3) is 0 Å². The minimum absolute atomic E-state index is 0.0869. The van der Waals surface area contributed by atoms with E-state index in [1.165, 1.54) is 4.90 Å². The third-order valence-electron chi connectivity index (χ3n) is 5.92. The Morgan fingerprint density at radius 1 is 1.17 bits per heavy atom. The molecule has 23 heavy (non-hydrogen) atoms. The predicted octanol–water partition coefficient (Wildman–Crippen LogP) is 1.75. The van der Waals surface area contributed by atoms with Crippen LogP contribution in [0.5, 0.6) is 0 Å². The number of likely N-dealkylation sites (tertiary alicyclic amines) is 1. The lowest BCUT2D eigenvalue weighted by Crippen LogP contribution is -2.44. The molecule has 0 radical (unpaired) electrons. The molecule has 3 N–H and O–H groups in total. The first-order valence-corrected chi connectivity index (χ1v) is 8.64. The summed E-state index contributed by atoms with van der Waals surface area (Å²) in [6.45, 7) is 0.693. The largest absolute Gasteiger partial charge is 0.401 e. The van der Waals surface area contributed by atoms with Gasteiger partial charge in [0.25, 0.3) is 0 Å². The summed E-state index contributed by atoms with van der Waals surface area (Å²) in [5.74, 6) is 1.65. The topological polar surface area (TPSA) is 58.4 Å². The third-order valence-corrected chi connectivity index (χ3v) is 5.92. The summed E-state index contributed by atoms with van der Waals surface area (Å²) in [6, 6.07) is 0.274. The zero-order valence-corrected chi connectivity index (χ0v) is 13.3. The molecule has 4 nitrogen and oxygen atoms in total. The average molecular weight is 333 g/mol. The first-order chi connectivity index (χ1) is 10.8. The molecule has 2 aliphatic carbocycles. The second kappa shape index (κ2) is 6.59. The van der Waals surface area contributed by atoms with E-state index in [4.69, 9.17) is 5.73 Å². The minimum Gasteiger partial charge on any atom is -0.356 e. The van der Waals surface area contributed by atoms with Gasteiger partial charge in [-0.15, -0.1) is 0 Å². The predicted molar refractivity (Wildman–Crippen MR) is 80.5 cm³/mol. The smallest absolute Gasteiger partial charge is 0.356 e. The van der Waals surface area contributed by atoms with Crippen molar-refractivity contribution < 1.29 is 18.0 Å². The van der Waals surface area contributed by atoms with Gasteiger partial charge in [0, 0.05) is 18.5 Å². The maximum Gasteiger partial charge on any atom is 0.401 e. The van der Waals surface area contributed by atoms with E-state index < -0.39 is 12.7 Å². The molecule has 3 rings (SSSR count). The molecular formula is C16H26F3N3O. The maximum absolute atomic E-state index is 12.4. The van der Waals surface area contributed by atoms with Crippen LogP contribution in [0.1, 0.15) is 32.1 Å². The molecule has 0 aromatic heterocycles. The second-order valence-corrected chi connectivity index (χ2v) is 7.57. The quantitative estimate of drug-likeness (QED) is 0.824. The van der Waals surface area contributed by atoms with Gasteiger partial charge in [-0.1, -0.05) is 0 Å². The lowest BCUT2D eigenvalue weighted by Gasteiger charge is -2.37. The lowest BCUT2D eigenvalue weighted by atomic mass is 9.72. The molecule has 3 fully saturated rings. The number of carbonyl (C=O) groups excluding carboxylic acids is 1. The molecule has 1 saturated heterocycles. The molecule has 0 aromatic rings. The van der Waals surface area contributed by atoms with Gasteiger partial charge in [0.2, 0.25) is 5.91 Å². The van der Waals surface area contributed by atoms with E-state index in [0.717, 1.165) is 32.1 Å². The minimum atomic E-state index is -4.12. The highest BCUT2D eigenvalue weighted by Crippen LogP contribution is 2.48. The van der Waals surface area contributed by atoms with E-state index >= 15 is 0 Å². The van der Waals surface area contributed by atoms with Gasteiger partial charge in [-0.2, -0.15) is 13.2 Å². The number of rotatable bonds is 4. The molecular weight excluding hydrogens is 307 g/mol. The Morgan fingerprint density at radius 3 is 2.43 bits per heavy atom. The van der Waals surface area contributed by atoms with Crippen molar-refractivity contribution in [2.75, 3.05) is 26.2 Å². The van der Waals surface area contributed by atoms with Crippen molar-refractivity contribution in [3.63, 3.8) is 0 Å². The van der Waals surface area contributed by atoms with Gasteiger partial charge in [0.1, 0.15) is 0 Å². The van der Waals surface area contributed by atoms with E-state index in [0.29, 0.717) is 37.4 Å². The van der Waals surface area contributed by atoms with Crippen LogP contribution in [0, 0.1) is 23.7 Å². The number of nitrogens with two attached hydrogens (primary N) is 1. The Kier molecular flexibility index (Phi) is 4.88. The van der Waals surface area contributed by atoms with Crippen LogP contribution >= 0.6 is 0 Å². The van der Waals surface area contributed by atoms with Crippen LogP contribution in [0.15, 0.2) is 0 Å². The molecule has 1 amide bonds. The number of halogens is 3. The summed E-state index contributed by atoms with van der Waals surface area (Å²) < 4.78 is 37.1. The molecule has 0 aromatic carbocycles. The number of fused-ring (bicyclic) bond motifs is 1. The van der Waals surface area contributed by atoms with Crippen molar-refractivity contribution in [2.45, 2.75) is 44.3 Å². The molecule has 7 heteroatoms. The number of nitrogens with zero attached hydrogens (tertiary/aromatic N) is 1. The van der Waals surface area contributed by atoms with Crippen LogP contribution < -0.4 is 11.1 Å². The first kappa shape index (κ1) is 17.0. The number of alkyl halides is 3. The molecule has 1 aliphatic heterocycles. The lowest BCUT2D eigenvalue weighted by molar-refractivity contribution is -0.148. The van der Waals surface area contributed by atoms with Gasteiger partial charge in [0.15, 0.2) is 0 Å². The summed E-state index contributed by atoms with van der Waals surface area (Å²) in [6.07, 6.45) is 0.222. The highest BCUT2D eigenvalue weighted by molar-refractivity contribution is 5.79. The van der Waals surface area contributed by atoms with Crippen molar-refractivity contribution in [2.24, 2.45) is 29.4 Å². The standard InChI is InChI=1S/C16H26F3N3O/c17-16(18,19)9-22-3-1-10(2-4-22)8-21-15(23)12-5-11-7-14(20)13(11)6-12/h10-14H,1-9,20H2,(H,21,23). The molecule has 3 aliphatic rings.